The molecule has 2 amide bonds. The van der Waals surface area contributed by atoms with Crippen molar-refractivity contribution in [1.82, 2.24) is 0 Å². The molecule has 0 aromatic heterocycles. The number of thioether (sulfide) groups is 1. The Kier molecular flexibility index (Phi) is 7.18. The van der Waals surface area contributed by atoms with Gasteiger partial charge in [-0.25, -0.2) is 9.59 Å². The summed E-state index contributed by atoms with van der Waals surface area (Å²) in [7, 11) is 0. The number of ketones is 1. The molecule has 0 radical (unpaired) electrons. The lowest BCUT2D eigenvalue weighted by Gasteiger charge is -2.37. The number of amides is 2. The first kappa shape index (κ1) is 23.4. The topological polar surface area (TPSA) is 108 Å². The molecule has 3 aromatic rings. The van der Waals surface area contributed by atoms with Gasteiger partial charge in [-0.3, -0.25) is 10.1 Å². The van der Waals surface area contributed by atoms with E-state index in [0.717, 1.165) is 4.90 Å². The summed E-state index contributed by atoms with van der Waals surface area (Å²) >= 11 is 1.54. The Morgan fingerprint density at radius 1 is 0.971 bits per heavy atom. The monoisotopic (exact) mass is 476 g/mol. The van der Waals surface area contributed by atoms with Crippen LogP contribution in [0.3, 0.4) is 0 Å². The Morgan fingerprint density at radius 3 is 2.32 bits per heavy atom. The minimum Gasteiger partial charge on any atom is -0.448 e. The van der Waals surface area contributed by atoms with Gasteiger partial charge in [0.15, 0.2) is 5.78 Å². The molecule has 2 atom stereocenters. The molecule has 3 N–H and O–H groups in total. The van der Waals surface area contributed by atoms with Gasteiger partial charge in [0.25, 0.3) is 0 Å². The Balaban J connectivity index is 1.73. The molecule has 1 aliphatic rings. The van der Waals surface area contributed by atoms with Crippen LogP contribution in [0.5, 0.6) is 0 Å². The quantitative estimate of drug-likeness (QED) is 0.491. The normalized spacial score (nSPS) is 18.2. The van der Waals surface area contributed by atoms with Crippen molar-refractivity contribution in [2.75, 3.05) is 17.7 Å². The van der Waals surface area contributed by atoms with Crippen molar-refractivity contribution in [2.45, 2.75) is 17.4 Å². The maximum atomic E-state index is 14.1. The SMILES string of the molecule is NC(=O)OC(c1ccccc1)C1(COC(=O)Nc2ccccc2)CCSc2ccccc2C1=O. The molecule has 0 spiro atoms. The molecule has 0 fully saturated rings. The van der Waals surface area contributed by atoms with E-state index in [1.165, 1.54) is 11.8 Å². The van der Waals surface area contributed by atoms with Crippen LogP contribution in [0, 0.1) is 5.41 Å². The van der Waals surface area contributed by atoms with Crippen LogP contribution in [0.1, 0.15) is 28.4 Å². The van der Waals surface area contributed by atoms with Crippen LogP contribution >= 0.6 is 11.8 Å². The van der Waals surface area contributed by atoms with E-state index in [9.17, 15) is 14.4 Å². The van der Waals surface area contributed by atoms with Gasteiger partial charge < -0.3 is 15.2 Å². The van der Waals surface area contributed by atoms with Crippen molar-refractivity contribution >= 4 is 35.4 Å². The van der Waals surface area contributed by atoms with Crippen LogP contribution in [0.25, 0.3) is 0 Å². The molecule has 8 heteroatoms. The summed E-state index contributed by atoms with van der Waals surface area (Å²) < 4.78 is 11.2. The van der Waals surface area contributed by atoms with Gasteiger partial charge >= 0.3 is 12.2 Å². The highest BCUT2D eigenvalue weighted by Gasteiger charge is 2.51. The number of benzene rings is 3. The summed E-state index contributed by atoms with van der Waals surface area (Å²) in [4.78, 5) is 39.5. The molecular weight excluding hydrogens is 452 g/mol. The second-order valence-electron chi connectivity index (χ2n) is 7.87. The van der Waals surface area contributed by atoms with E-state index in [1.54, 1.807) is 60.7 Å². The van der Waals surface area contributed by atoms with Crippen LogP contribution in [0.15, 0.2) is 89.8 Å². The number of carbonyl (C=O) groups is 3. The molecule has 4 rings (SSSR count). The Labute approximate surface area is 201 Å². The van der Waals surface area contributed by atoms with Crippen molar-refractivity contribution in [3.8, 4) is 0 Å². The number of primary amides is 1. The maximum Gasteiger partial charge on any atom is 0.411 e. The van der Waals surface area contributed by atoms with E-state index >= 15 is 0 Å². The Bertz CT molecular complexity index is 1170. The first-order chi connectivity index (χ1) is 16.5. The highest BCUT2D eigenvalue weighted by Crippen LogP contribution is 2.48. The van der Waals surface area contributed by atoms with E-state index in [4.69, 9.17) is 15.2 Å². The third-order valence-electron chi connectivity index (χ3n) is 5.71. The second-order valence-corrected chi connectivity index (χ2v) is 9.01. The summed E-state index contributed by atoms with van der Waals surface area (Å²) in [5.41, 5.74) is 5.70. The van der Waals surface area contributed by atoms with Crippen molar-refractivity contribution < 1.29 is 23.9 Å². The van der Waals surface area contributed by atoms with Crippen LogP contribution in [-0.2, 0) is 9.47 Å². The van der Waals surface area contributed by atoms with Crippen LogP contribution in [-0.4, -0.2) is 30.3 Å². The second kappa shape index (κ2) is 10.4. The maximum absolute atomic E-state index is 14.1. The molecule has 174 valence electrons. The first-order valence-corrected chi connectivity index (χ1v) is 11.7. The lowest BCUT2D eigenvalue weighted by Crippen LogP contribution is -2.45. The molecule has 0 bridgehead atoms. The summed E-state index contributed by atoms with van der Waals surface area (Å²) in [5.74, 6) is 0.286. The van der Waals surface area contributed by atoms with Crippen molar-refractivity contribution in [1.29, 1.82) is 0 Å². The number of hydrogen-bond acceptors (Lipinski definition) is 6. The van der Waals surface area contributed by atoms with Gasteiger partial charge in [-0.2, -0.15) is 0 Å². The summed E-state index contributed by atoms with van der Waals surface area (Å²) in [5, 5.41) is 2.66. The Hall–Kier alpha value is -3.78. The Morgan fingerprint density at radius 2 is 1.62 bits per heavy atom. The molecule has 2 unspecified atom stereocenters. The van der Waals surface area contributed by atoms with Crippen LogP contribution in [0.4, 0.5) is 15.3 Å². The lowest BCUT2D eigenvalue weighted by molar-refractivity contribution is -0.0180. The van der Waals surface area contributed by atoms with E-state index in [-0.39, 0.29) is 12.4 Å². The predicted molar refractivity (Wildman–Crippen MR) is 130 cm³/mol. The van der Waals surface area contributed by atoms with Gasteiger partial charge in [-0.05, 0) is 35.9 Å². The first-order valence-electron chi connectivity index (χ1n) is 10.8. The summed E-state index contributed by atoms with van der Waals surface area (Å²) in [6.07, 6.45) is -2.47. The molecule has 34 heavy (non-hydrogen) atoms. The van der Waals surface area contributed by atoms with Crippen LogP contribution < -0.4 is 11.1 Å². The zero-order chi connectivity index (χ0) is 24.0. The van der Waals surface area contributed by atoms with Gasteiger partial charge in [0, 0.05) is 16.1 Å². The molecule has 3 aromatic carbocycles. The van der Waals surface area contributed by atoms with Gasteiger partial charge in [0.2, 0.25) is 0 Å². The zero-order valence-electron chi connectivity index (χ0n) is 18.3. The minimum atomic E-state index is -1.37. The minimum absolute atomic E-state index is 0.268. The fourth-order valence-corrected chi connectivity index (χ4v) is 5.26. The average molecular weight is 477 g/mol. The number of anilines is 1. The number of Topliss-reactive ketones (excluding diaryl/α,β-unsaturated/α-hetero) is 1. The molecule has 1 aliphatic heterocycles. The molecule has 0 saturated heterocycles. The zero-order valence-corrected chi connectivity index (χ0v) is 19.1. The summed E-state index contributed by atoms with van der Waals surface area (Å²) in [6, 6.07) is 25.0. The largest absolute Gasteiger partial charge is 0.448 e. The number of fused-ring (bicyclic) bond motifs is 1. The number of nitrogens with two attached hydrogens (primary N) is 1. The van der Waals surface area contributed by atoms with Crippen LogP contribution in [0.2, 0.25) is 0 Å². The molecule has 1 heterocycles. The van der Waals surface area contributed by atoms with Gasteiger partial charge in [-0.1, -0.05) is 66.7 Å². The average Bonchev–Trinajstić information content (AvgIpc) is 2.99. The predicted octanol–water partition coefficient (Wildman–Crippen LogP) is 5.44. The van der Waals surface area contributed by atoms with E-state index in [1.807, 2.05) is 24.3 Å². The fraction of sp³-hybridized carbons (Fsp3) is 0.192. The standard InChI is InChI=1S/C26H24N2O5S/c27-24(30)33-23(18-9-3-1-4-10-18)26(17-32-25(31)28-19-11-5-2-6-12-19)15-16-34-21-14-8-7-13-20(21)22(26)29/h1-14,23H,15-17H2,(H2,27,30)(H,28,31). The smallest absolute Gasteiger partial charge is 0.411 e. The molecule has 0 saturated carbocycles. The van der Waals surface area contributed by atoms with E-state index < -0.39 is 23.7 Å². The number of hydrogen-bond donors (Lipinski definition) is 2. The van der Waals surface area contributed by atoms with Gasteiger partial charge in [0.1, 0.15) is 18.1 Å². The highest BCUT2D eigenvalue weighted by atomic mass is 32.2. The lowest BCUT2D eigenvalue weighted by atomic mass is 9.71. The van der Waals surface area contributed by atoms with Crippen molar-refractivity contribution in [3.05, 3.63) is 96.1 Å². The number of ether oxygens (including phenoxy) is 2. The molecule has 7 nitrogen and oxygen atoms in total. The fourth-order valence-electron chi connectivity index (χ4n) is 4.08. The highest BCUT2D eigenvalue weighted by molar-refractivity contribution is 7.99. The molecular formula is C26H24N2O5S. The third kappa shape index (κ3) is 5.07. The van der Waals surface area contributed by atoms with Gasteiger partial charge in [0.05, 0.1) is 0 Å². The number of nitrogens with one attached hydrogen (secondary N) is 1. The van der Waals surface area contributed by atoms with Gasteiger partial charge in [-0.15, -0.1) is 11.8 Å². The third-order valence-corrected chi connectivity index (χ3v) is 6.78. The van der Waals surface area contributed by atoms with Crippen molar-refractivity contribution in [3.63, 3.8) is 0 Å². The number of carbonyl (C=O) groups excluding carboxylic acids is 3. The molecule has 0 aliphatic carbocycles. The van der Waals surface area contributed by atoms with E-state index in [2.05, 4.69) is 5.32 Å². The number of rotatable bonds is 6. The van der Waals surface area contributed by atoms with Crippen molar-refractivity contribution in [2.24, 2.45) is 11.1 Å². The number of para-hydroxylation sites is 1. The van der Waals surface area contributed by atoms with E-state index in [0.29, 0.717) is 29.0 Å². The summed E-state index contributed by atoms with van der Waals surface area (Å²) in [6.45, 7) is -0.299.